The van der Waals surface area contributed by atoms with Crippen LogP contribution < -0.4 is 25.8 Å². The molecule has 0 bridgehead atoms. The van der Waals surface area contributed by atoms with E-state index in [1.165, 1.54) is 19.0 Å². The van der Waals surface area contributed by atoms with Gasteiger partial charge >= 0.3 is 5.69 Å². The molecular weight excluding hydrogens is 759 g/mol. The van der Waals surface area contributed by atoms with Crippen LogP contribution in [-0.2, 0) is 4.74 Å². The van der Waals surface area contributed by atoms with Crippen LogP contribution in [0.4, 0.5) is 34.4 Å². The van der Waals surface area contributed by atoms with E-state index in [1.54, 1.807) is 24.3 Å². The van der Waals surface area contributed by atoms with Crippen molar-refractivity contribution in [3.63, 3.8) is 0 Å². The van der Waals surface area contributed by atoms with Crippen molar-refractivity contribution in [3.8, 4) is 11.5 Å². The second-order valence-electron chi connectivity index (χ2n) is 8.77. The van der Waals surface area contributed by atoms with Gasteiger partial charge in [0.05, 0.1) is 30.0 Å². The fourth-order valence-electron chi connectivity index (χ4n) is 3.41. The molecule has 2 aromatic carbocycles. The molecule has 5 rings (SSSR count). The van der Waals surface area contributed by atoms with Crippen LogP contribution in [0.2, 0.25) is 10.6 Å². The van der Waals surface area contributed by atoms with Crippen LogP contribution in [0.25, 0.3) is 0 Å². The maximum Gasteiger partial charge on any atom is 0.329 e. The number of hydrogen-bond acceptors (Lipinski definition) is 12. The van der Waals surface area contributed by atoms with Crippen LogP contribution in [0.5, 0.6) is 11.5 Å². The summed E-state index contributed by atoms with van der Waals surface area (Å²) in [5.74, 6) is 2.03. The third-order valence-corrected chi connectivity index (χ3v) is 6.49. The number of nitrogen functional groups attached to an aromatic ring is 1. The Labute approximate surface area is 286 Å². The molecule has 240 valence electrons. The van der Waals surface area contributed by atoms with Crippen LogP contribution in [0, 0.1) is 10.1 Å². The zero-order valence-corrected chi connectivity index (χ0v) is 28.5. The Morgan fingerprint density at radius 1 is 0.822 bits per heavy atom. The van der Waals surface area contributed by atoms with Crippen molar-refractivity contribution in [2.45, 2.75) is 12.8 Å². The van der Waals surface area contributed by atoms with Gasteiger partial charge in [-0.05, 0) is 84.6 Å². The highest BCUT2D eigenvalue weighted by atomic mass is 79.9. The minimum atomic E-state index is -0.577. The van der Waals surface area contributed by atoms with E-state index in [0.717, 1.165) is 41.5 Å². The predicted octanol–water partition coefficient (Wildman–Crippen LogP) is 7.58. The van der Waals surface area contributed by atoms with E-state index in [1.807, 2.05) is 24.3 Å². The summed E-state index contributed by atoms with van der Waals surface area (Å²) in [7, 11) is 0. The molecule has 0 amide bonds. The average Bonchev–Trinajstić information content (AvgIpc) is 3.63. The van der Waals surface area contributed by atoms with Gasteiger partial charge in [0.2, 0.25) is 16.4 Å². The largest absolute Gasteiger partial charge is 0.493 e. The van der Waals surface area contributed by atoms with E-state index >= 15 is 0 Å². The molecule has 13 nitrogen and oxygen atoms in total. The molecule has 1 aliphatic heterocycles. The Morgan fingerprint density at radius 3 is 1.73 bits per heavy atom. The summed E-state index contributed by atoms with van der Waals surface area (Å²) in [6.07, 6.45) is 5.08. The maximum absolute atomic E-state index is 10.9. The highest BCUT2D eigenvalue weighted by Crippen LogP contribution is 2.27. The normalized spacial score (nSPS) is 11.7. The molecule has 0 saturated carbocycles. The number of nitrogens with two attached hydrogens (primary N) is 1. The van der Waals surface area contributed by atoms with Crippen LogP contribution in [-0.4, -0.2) is 61.9 Å². The monoisotopic (exact) mass is 786 g/mol. The Balaban J connectivity index is 0.000000213. The number of aromatic nitrogens is 4. The van der Waals surface area contributed by atoms with Gasteiger partial charge in [0.1, 0.15) is 17.7 Å². The predicted molar refractivity (Wildman–Crippen MR) is 183 cm³/mol. The van der Waals surface area contributed by atoms with Gasteiger partial charge in [0.25, 0.3) is 0 Å². The SMILES string of the molecule is C1CCOC1.Nc1cnc(Cl)nc1Nc1ccc(OCCBr)cc1.O=[N+]([O-])c1cnc(Cl)nc1Nc1ccc(OCCBr)cc1. The summed E-state index contributed by atoms with van der Waals surface area (Å²) < 4.78 is 15.8. The molecular formula is C28H30Br2Cl2N8O5. The lowest BCUT2D eigenvalue weighted by Crippen LogP contribution is -2.01. The van der Waals surface area contributed by atoms with Crippen molar-refractivity contribution in [2.75, 3.05) is 53.5 Å². The van der Waals surface area contributed by atoms with Gasteiger partial charge < -0.3 is 30.6 Å². The van der Waals surface area contributed by atoms with Crippen LogP contribution in [0.1, 0.15) is 12.8 Å². The van der Waals surface area contributed by atoms with Crippen molar-refractivity contribution in [1.82, 2.24) is 19.9 Å². The summed E-state index contributed by atoms with van der Waals surface area (Å²) in [6, 6.07) is 14.4. The van der Waals surface area contributed by atoms with Crippen LogP contribution >= 0.6 is 55.1 Å². The van der Waals surface area contributed by atoms with Crippen molar-refractivity contribution >= 4 is 89.4 Å². The lowest BCUT2D eigenvalue weighted by Gasteiger charge is -2.09. The van der Waals surface area contributed by atoms with Crippen molar-refractivity contribution < 1.29 is 19.1 Å². The van der Waals surface area contributed by atoms with Gasteiger partial charge in [-0.1, -0.05) is 31.9 Å². The molecule has 0 atom stereocenters. The number of halogens is 4. The second kappa shape index (κ2) is 19.8. The maximum atomic E-state index is 10.9. The number of nitrogens with zero attached hydrogens (tertiary/aromatic N) is 5. The van der Waals surface area contributed by atoms with E-state index in [9.17, 15) is 10.1 Å². The van der Waals surface area contributed by atoms with E-state index in [0.29, 0.717) is 36.2 Å². The Bertz CT molecular complexity index is 1480. The van der Waals surface area contributed by atoms with Crippen LogP contribution in [0.15, 0.2) is 60.9 Å². The van der Waals surface area contributed by atoms with Gasteiger partial charge in [-0.3, -0.25) is 10.1 Å². The molecule has 17 heteroatoms. The zero-order valence-electron chi connectivity index (χ0n) is 23.8. The van der Waals surface area contributed by atoms with Crippen LogP contribution in [0.3, 0.4) is 0 Å². The smallest absolute Gasteiger partial charge is 0.329 e. The number of alkyl halides is 2. The van der Waals surface area contributed by atoms with Crippen molar-refractivity contribution in [3.05, 3.63) is 81.6 Å². The van der Waals surface area contributed by atoms with E-state index in [2.05, 4.69) is 62.4 Å². The Hall–Kier alpha value is -3.50. The van der Waals surface area contributed by atoms with Gasteiger partial charge in [-0.25, -0.2) is 9.97 Å². The first kappa shape index (κ1) is 36.0. The van der Waals surface area contributed by atoms with E-state index in [-0.39, 0.29) is 22.1 Å². The number of nitrogens with one attached hydrogen (secondary N) is 2. The molecule has 4 N–H and O–H groups in total. The molecule has 1 fully saturated rings. The Kier molecular flexibility index (Phi) is 15.8. The minimum absolute atomic E-state index is 0.0362. The summed E-state index contributed by atoms with van der Waals surface area (Å²) in [5, 5.41) is 18.4. The number of rotatable bonds is 11. The quantitative estimate of drug-likeness (QED) is 0.0590. The topological polar surface area (TPSA) is 172 Å². The molecule has 1 aliphatic rings. The lowest BCUT2D eigenvalue weighted by molar-refractivity contribution is -0.384. The third-order valence-electron chi connectivity index (χ3n) is 5.48. The van der Waals surface area contributed by atoms with E-state index in [4.69, 9.17) is 43.1 Å². The molecule has 0 spiro atoms. The molecule has 1 saturated heterocycles. The summed E-state index contributed by atoms with van der Waals surface area (Å²) >= 11 is 18.0. The Morgan fingerprint density at radius 2 is 1.29 bits per heavy atom. The number of anilines is 5. The molecule has 0 aliphatic carbocycles. The highest BCUT2D eigenvalue weighted by molar-refractivity contribution is 9.09. The van der Waals surface area contributed by atoms with E-state index < -0.39 is 4.92 Å². The standard InChI is InChI=1S/C12H10BrClN4O3.C12H12BrClN4O.C4H8O/c13-5-6-21-9-3-1-8(2-4-9)16-11-10(18(19)20)7-15-12(14)17-11;13-5-6-19-9-3-1-8(2-4-9)17-11-10(15)7-16-12(14)18-11;1-2-4-5-3-1/h1-4,7H,5-6H2,(H,15,16,17);1-4,7H,5-6,15H2,(H,16,17,18);1-4H2. The average molecular weight is 789 g/mol. The minimum Gasteiger partial charge on any atom is -0.493 e. The van der Waals surface area contributed by atoms with Gasteiger partial charge in [0, 0.05) is 35.2 Å². The molecule has 0 unspecified atom stereocenters. The molecule has 3 heterocycles. The van der Waals surface area contributed by atoms with Crippen molar-refractivity contribution in [2.24, 2.45) is 0 Å². The van der Waals surface area contributed by atoms with Gasteiger partial charge in [0.15, 0.2) is 5.82 Å². The number of hydrogen-bond donors (Lipinski definition) is 3. The van der Waals surface area contributed by atoms with Gasteiger partial charge in [-0.2, -0.15) is 9.97 Å². The first-order valence-corrected chi connectivity index (χ1v) is 16.4. The second-order valence-corrected chi connectivity index (χ2v) is 11.0. The first-order valence-electron chi connectivity index (χ1n) is 13.4. The van der Waals surface area contributed by atoms with Crippen molar-refractivity contribution in [1.29, 1.82) is 0 Å². The summed E-state index contributed by atoms with van der Waals surface area (Å²) in [5.41, 5.74) is 7.40. The van der Waals surface area contributed by atoms with Gasteiger partial charge in [-0.15, -0.1) is 0 Å². The molecule has 45 heavy (non-hydrogen) atoms. The number of nitro groups is 1. The number of ether oxygens (including phenoxy) is 3. The highest BCUT2D eigenvalue weighted by Gasteiger charge is 2.17. The number of benzene rings is 2. The first-order chi connectivity index (χ1) is 21.8. The lowest BCUT2D eigenvalue weighted by atomic mass is 10.3. The fraction of sp³-hybridized carbons (Fsp3) is 0.286. The third kappa shape index (κ3) is 13.2. The fourth-order valence-corrected chi connectivity index (χ4v) is 4.01. The zero-order chi connectivity index (χ0) is 32.4. The summed E-state index contributed by atoms with van der Waals surface area (Å²) in [4.78, 5) is 25.6. The molecule has 4 aromatic rings. The summed E-state index contributed by atoms with van der Waals surface area (Å²) in [6.45, 7) is 3.18. The molecule has 2 aromatic heterocycles. The molecule has 0 radical (unpaired) electrons.